The molecule has 0 aromatic heterocycles. The van der Waals surface area contributed by atoms with E-state index in [0.717, 1.165) is 17.7 Å². The smallest absolute Gasteiger partial charge is 0.324 e. The zero-order valence-electron chi connectivity index (χ0n) is 10.8. The van der Waals surface area contributed by atoms with Crippen LogP contribution in [0.2, 0.25) is 0 Å². The maximum absolute atomic E-state index is 13.0. The van der Waals surface area contributed by atoms with E-state index in [1.807, 2.05) is 0 Å². The molecule has 2 N–H and O–H groups in total. The molecule has 112 valence electrons. The van der Waals surface area contributed by atoms with Gasteiger partial charge in [0.25, 0.3) is 0 Å². The van der Waals surface area contributed by atoms with Crippen molar-refractivity contribution in [2.24, 2.45) is 5.73 Å². The fourth-order valence-corrected chi connectivity index (χ4v) is 2.50. The Bertz CT molecular complexity index is 640. The standard InChI is InChI=1S/C15H12BrF4N/c16-13-8-12(17)5-4-9(13)7-14(21)10-2-1-3-11(6-10)15(18,19)20/h1-6,8,14H,7,21H2. The molecule has 1 atom stereocenters. The Morgan fingerprint density at radius 3 is 2.43 bits per heavy atom. The molecular formula is C15H12BrF4N. The van der Waals surface area contributed by atoms with Crippen LogP contribution in [-0.2, 0) is 12.6 Å². The summed E-state index contributed by atoms with van der Waals surface area (Å²) in [6.07, 6.45) is -4.09. The van der Waals surface area contributed by atoms with E-state index in [2.05, 4.69) is 15.9 Å². The van der Waals surface area contributed by atoms with Crippen molar-refractivity contribution in [1.29, 1.82) is 0 Å². The molecule has 1 nitrogen and oxygen atoms in total. The van der Waals surface area contributed by atoms with Crippen molar-refractivity contribution in [3.63, 3.8) is 0 Å². The van der Waals surface area contributed by atoms with Crippen LogP contribution in [0.4, 0.5) is 17.6 Å². The number of rotatable bonds is 3. The van der Waals surface area contributed by atoms with Crippen LogP contribution in [0.1, 0.15) is 22.7 Å². The summed E-state index contributed by atoms with van der Waals surface area (Å²) < 4.78 is 51.6. The minimum absolute atomic E-state index is 0.308. The molecule has 0 aliphatic rings. The lowest BCUT2D eigenvalue weighted by atomic mass is 9.98. The summed E-state index contributed by atoms with van der Waals surface area (Å²) >= 11 is 3.22. The van der Waals surface area contributed by atoms with Gasteiger partial charge in [0.1, 0.15) is 5.82 Å². The number of alkyl halides is 3. The van der Waals surface area contributed by atoms with Gasteiger partial charge in [0.05, 0.1) is 5.56 Å². The summed E-state index contributed by atoms with van der Waals surface area (Å²) in [6, 6.07) is 8.48. The van der Waals surface area contributed by atoms with Gasteiger partial charge in [0, 0.05) is 10.5 Å². The highest BCUT2D eigenvalue weighted by atomic mass is 79.9. The monoisotopic (exact) mass is 361 g/mol. The first-order valence-electron chi connectivity index (χ1n) is 6.14. The second-order valence-corrected chi connectivity index (χ2v) is 5.52. The second-order valence-electron chi connectivity index (χ2n) is 4.67. The molecule has 6 heteroatoms. The highest BCUT2D eigenvalue weighted by Gasteiger charge is 2.30. The predicted octanol–water partition coefficient (Wildman–Crippen LogP) is 4.85. The van der Waals surface area contributed by atoms with Gasteiger partial charge >= 0.3 is 6.18 Å². The van der Waals surface area contributed by atoms with Crippen LogP contribution in [0.3, 0.4) is 0 Å². The van der Waals surface area contributed by atoms with Crippen LogP contribution in [0.15, 0.2) is 46.9 Å². The van der Waals surface area contributed by atoms with E-state index >= 15 is 0 Å². The van der Waals surface area contributed by atoms with E-state index in [0.29, 0.717) is 16.5 Å². The minimum Gasteiger partial charge on any atom is -0.324 e. The van der Waals surface area contributed by atoms with Gasteiger partial charge in [-0.1, -0.05) is 34.1 Å². The fourth-order valence-electron chi connectivity index (χ4n) is 1.99. The van der Waals surface area contributed by atoms with Gasteiger partial charge in [-0.25, -0.2) is 4.39 Å². The predicted molar refractivity (Wildman–Crippen MR) is 76.2 cm³/mol. The van der Waals surface area contributed by atoms with E-state index in [-0.39, 0.29) is 0 Å². The van der Waals surface area contributed by atoms with Crippen molar-refractivity contribution in [3.05, 3.63) is 69.4 Å². The highest BCUT2D eigenvalue weighted by molar-refractivity contribution is 9.10. The van der Waals surface area contributed by atoms with Crippen molar-refractivity contribution in [2.75, 3.05) is 0 Å². The number of hydrogen-bond donors (Lipinski definition) is 1. The fraction of sp³-hybridized carbons (Fsp3) is 0.200. The zero-order valence-corrected chi connectivity index (χ0v) is 12.4. The van der Waals surface area contributed by atoms with Gasteiger partial charge in [0.2, 0.25) is 0 Å². The lowest BCUT2D eigenvalue weighted by molar-refractivity contribution is -0.137. The molecule has 1 unspecified atom stereocenters. The Hall–Kier alpha value is -1.40. The number of halogens is 5. The van der Waals surface area contributed by atoms with Crippen molar-refractivity contribution in [1.82, 2.24) is 0 Å². The van der Waals surface area contributed by atoms with E-state index < -0.39 is 23.6 Å². The quantitative estimate of drug-likeness (QED) is 0.777. The maximum atomic E-state index is 13.0. The first-order valence-corrected chi connectivity index (χ1v) is 6.93. The first kappa shape index (κ1) is 16.0. The molecule has 0 radical (unpaired) electrons. The van der Waals surface area contributed by atoms with E-state index in [9.17, 15) is 17.6 Å². The summed E-state index contributed by atoms with van der Waals surface area (Å²) in [7, 11) is 0. The number of benzene rings is 2. The third kappa shape index (κ3) is 4.04. The van der Waals surface area contributed by atoms with E-state index in [4.69, 9.17) is 5.73 Å². The molecule has 0 spiro atoms. The van der Waals surface area contributed by atoms with Crippen LogP contribution < -0.4 is 5.73 Å². The SMILES string of the molecule is NC(Cc1ccc(F)cc1Br)c1cccc(C(F)(F)F)c1. The van der Waals surface area contributed by atoms with Crippen LogP contribution in [-0.4, -0.2) is 0 Å². The molecule has 21 heavy (non-hydrogen) atoms. The summed E-state index contributed by atoms with van der Waals surface area (Å²) in [4.78, 5) is 0. The first-order chi connectivity index (χ1) is 9.77. The topological polar surface area (TPSA) is 26.0 Å². The van der Waals surface area contributed by atoms with Crippen LogP contribution in [0.25, 0.3) is 0 Å². The van der Waals surface area contributed by atoms with E-state index in [1.54, 1.807) is 12.1 Å². The van der Waals surface area contributed by atoms with Crippen molar-refractivity contribution < 1.29 is 17.6 Å². The molecule has 2 rings (SSSR count). The van der Waals surface area contributed by atoms with Gasteiger partial charge < -0.3 is 5.73 Å². The highest BCUT2D eigenvalue weighted by Crippen LogP contribution is 2.31. The molecule has 0 heterocycles. The third-order valence-corrected chi connectivity index (χ3v) is 3.84. The summed E-state index contributed by atoms with van der Waals surface area (Å²) in [6.45, 7) is 0. The summed E-state index contributed by atoms with van der Waals surface area (Å²) in [5.41, 5.74) is 6.36. The number of nitrogens with two attached hydrogens (primary N) is 1. The largest absolute Gasteiger partial charge is 0.416 e. The van der Waals surface area contributed by atoms with Crippen molar-refractivity contribution in [2.45, 2.75) is 18.6 Å². The average molecular weight is 362 g/mol. The van der Waals surface area contributed by atoms with Gasteiger partial charge in [-0.3, -0.25) is 0 Å². The number of hydrogen-bond acceptors (Lipinski definition) is 1. The molecule has 2 aromatic rings. The molecular weight excluding hydrogens is 350 g/mol. The average Bonchev–Trinajstić information content (AvgIpc) is 2.41. The lowest BCUT2D eigenvalue weighted by Crippen LogP contribution is -2.15. The molecule has 0 fully saturated rings. The van der Waals surface area contributed by atoms with Gasteiger partial charge in [-0.15, -0.1) is 0 Å². The molecule has 0 saturated carbocycles. The minimum atomic E-state index is -4.40. The Kier molecular flexibility index (Phi) is 4.68. The Balaban J connectivity index is 2.22. The molecule has 0 aliphatic carbocycles. The maximum Gasteiger partial charge on any atom is 0.416 e. The van der Waals surface area contributed by atoms with Crippen LogP contribution in [0.5, 0.6) is 0 Å². The van der Waals surface area contributed by atoms with Gasteiger partial charge in [-0.2, -0.15) is 13.2 Å². The van der Waals surface area contributed by atoms with Crippen LogP contribution in [0, 0.1) is 5.82 Å². The van der Waals surface area contributed by atoms with E-state index in [1.165, 1.54) is 18.2 Å². The summed E-state index contributed by atoms with van der Waals surface area (Å²) in [5.74, 6) is -0.390. The zero-order chi connectivity index (χ0) is 15.6. The molecule has 2 aromatic carbocycles. The van der Waals surface area contributed by atoms with Gasteiger partial charge in [-0.05, 0) is 41.8 Å². The van der Waals surface area contributed by atoms with Crippen molar-refractivity contribution >= 4 is 15.9 Å². The Morgan fingerprint density at radius 1 is 1.10 bits per heavy atom. The third-order valence-electron chi connectivity index (χ3n) is 3.10. The molecule has 0 bridgehead atoms. The lowest BCUT2D eigenvalue weighted by Gasteiger charge is -2.15. The summed E-state index contributed by atoms with van der Waals surface area (Å²) in [5, 5.41) is 0. The van der Waals surface area contributed by atoms with Gasteiger partial charge in [0.15, 0.2) is 0 Å². The molecule has 0 amide bonds. The normalized spacial score (nSPS) is 13.2. The Morgan fingerprint density at radius 2 is 1.81 bits per heavy atom. The van der Waals surface area contributed by atoms with Crippen molar-refractivity contribution in [3.8, 4) is 0 Å². The van der Waals surface area contributed by atoms with Crippen LogP contribution >= 0.6 is 15.9 Å². The molecule has 0 saturated heterocycles. The second kappa shape index (κ2) is 6.15. The molecule has 0 aliphatic heterocycles. The Labute approximate surface area is 127 Å².